The third-order valence-electron chi connectivity index (χ3n) is 5.32. The van der Waals surface area contributed by atoms with Crippen LogP contribution in [0.1, 0.15) is 35.5 Å². The van der Waals surface area contributed by atoms with Gasteiger partial charge in [-0.15, -0.1) is 6.42 Å². The van der Waals surface area contributed by atoms with Gasteiger partial charge in [-0.05, 0) is 60.9 Å². The van der Waals surface area contributed by atoms with E-state index in [1.807, 2.05) is 36.1 Å². The van der Waals surface area contributed by atoms with Crippen LogP contribution in [0.4, 0.5) is 5.69 Å². The average Bonchev–Trinajstić information content (AvgIpc) is 2.77. The SMILES string of the molecule is C#CCN(Cc1ccc2nc(C)cc(Cl)c2c1)c1ccc(C(=O)N[C@H](C(=O)O)C(C)C)cc1. The van der Waals surface area contributed by atoms with Crippen molar-refractivity contribution >= 4 is 40.1 Å². The molecular formula is C26H26ClN3O3. The maximum atomic E-state index is 12.5. The Morgan fingerprint density at radius 2 is 1.88 bits per heavy atom. The van der Waals surface area contributed by atoms with Gasteiger partial charge in [0, 0.05) is 28.9 Å². The topological polar surface area (TPSA) is 82.5 Å². The lowest BCUT2D eigenvalue weighted by Crippen LogP contribution is -2.44. The summed E-state index contributed by atoms with van der Waals surface area (Å²) in [7, 11) is 0. The summed E-state index contributed by atoms with van der Waals surface area (Å²) in [5.74, 6) is 0.952. The van der Waals surface area contributed by atoms with E-state index in [4.69, 9.17) is 18.0 Å². The summed E-state index contributed by atoms with van der Waals surface area (Å²) in [6.45, 7) is 6.32. The van der Waals surface area contributed by atoms with Crippen LogP contribution in [-0.2, 0) is 11.3 Å². The lowest BCUT2D eigenvalue weighted by molar-refractivity contribution is -0.140. The molecule has 2 N–H and O–H groups in total. The van der Waals surface area contributed by atoms with Crippen LogP contribution in [0.15, 0.2) is 48.5 Å². The first-order valence-electron chi connectivity index (χ1n) is 10.6. The fourth-order valence-electron chi connectivity index (χ4n) is 3.58. The van der Waals surface area contributed by atoms with Crippen LogP contribution in [0.5, 0.6) is 0 Å². The molecule has 0 saturated heterocycles. The van der Waals surface area contributed by atoms with Crippen molar-refractivity contribution in [1.29, 1.82) is 0 Å². The summed E-state index contributed by atoms with van der Waals surface area (Å²) in [4.78, 5) is 30.4. The summed E-state index contributed by atoms with van der Waals surface area (Å²) < 4.78 is 0. The third-order valence-corrected chi connectivity index (χ3v) is 5.63. The van der Waals surface area contributed by atoms with Crippen LogP contribution in [0.25, 0.3) is 10.9 Å². The predicted octanol–water partition coefficient (Wildman–Crippen LogP) is 4.68. The molecule has 1 aromatic heterocycles. The minimum atomic E-state index is -1.06. The van der Waals surface area contributed by atoms with Gasteiger partial charge < -0.3 is 15.3 Å². The zero-order valence-electron chi connectivity index (χ0n) is 18.8. The molecule has 0 bridgehead atoms. The van der Waals surface area contributed by atoms with Gasteiger partial charge >= 0.3 is 5.97 Å². The number of halogens is 1. The van der Waals surface area contributed by atoms with E-state index in [0.29, 0.717) is 23.7 Å². The number of aliphatic carboxylic acids is 1. The number of rotatable bonds is 8. The average molecular weight is 464 g/mol. The number of terminal acetylenes is 1. The zero-order chi connectivity index (χ0) is 24.1. The molecule has 6 nitrogen and oxygen atoms in total. The molecule has 0 spiro atoms. The number of carbonyl (C=O) groups excluding carboxylic acids is 1. The van der Waals surface area contributed by atoms with Gasteiger partial charge in [0.2, 0.25) is 0 Å². The molecule has 0 saturated carbocycles. The second-order valence-electron chi connectivity index (χ2n) is 8.24. The second kappa shape index (κ2) is 10.4. The molecule has 33 heavy (non-hydrogen) atoms. The highest BCUT2D eigenvalue weighted by Gasteiger charge is 2.24. The smallest absolute Gasteiger partial charge is 0.326 e. The molecule has 3 rings (SSSR count). The van der Waals surface area contributed by atoms with Gasteiger partial charge in [-0.3, -0.25) is 9.78 Å². The summed E-state index contributed by atoms with van der Waals surface area (Å²) in [6, 6.07) is 13.8. The van der Waals surface area contributed by atoms with Crippen LogP contribution in [0, 0.1) is 25.2 Å². The number of nitrogens with zero attached hydrogens (tertiary/aromatic N) is 2. The van der Waals surface area contributed by atoms with E-state index in [-0.39, 0.29) is 5.92 Å². The lowest BCUT2D eigenvalue weighted by atomic mass is 10.0. The Kier molecular flexibility index (Phi) is 7.57. The van der Waals surface area contributed by atoms with Gasteiger partial charge in [0.05, 0.1) is 17.1 Å². The fourth-order valence-corrected chi connectivity index (χ4v) is 3.89. The Hall–Kier alpha value is -3.56. The van der Waals surface area contributed by atoms with Crippen LogP contribution >= 0.6 is 11.6 Å². The second-order valence-corrected chi connectivity index (χ2v) is 8.64. The highest BCUT2D eigenvalue weighted by atomic mass is 35.5. The van der Waals surface area contributed by atoms with Crippen molar-refractivity contribution in [2.45, 2.75) is 33.4 Å². The number of anilines is 1. The number of aromatic nitrogens is 1. The lowest BCUT2D eigenvalue weighted by Gasteiger charge is -2.23. The Morgan fingerprint density at radius 1 is 1.18 bits per heavy atom. The van der Waals surface area contributed by atoms with Crippen molar-refractivity contribution in [3.05, 3.63) is 70.4 Å². The summed E-state index contributed by atoms with van der Waals surface area (Å²) in [5.41, 5.74) is 3.94. The number of carboxylic acid groups (broad SMARTS) is 1. The molecule has 170 valence electrons. The normalized spacial score (nSPS) is 11.8. The number of aryl methyl sites for hydroxylation is 1. The van der Waals surface area contributed by atoms with Gasteiger partial charge in [-0.1, -0.05) is 37.4 Å². The van der Waals surface area contributed by atoms with Crippen molar-refractivity contribution in [3.8, 4) is 12.3 Å². The molecule has 1 atom stereocenters. The number of amides is 1. The molecule has 0 aliphatic carbocycles. The first-order chi connectivity index (χ1) is 15.7. The molecule has 2 aromatic carbocycles. The first kappa shape index (κ1) is 24.1. The Labute approximate surface area is 198 Å². The van der Waals surface area contributed by atoms with E-state index >= 15 is 0 Å². The van der Waals surface area contributed by atoms with Crippen LogP contribution in [0.3, 0.4) is 0 Å². The van der Waals surface area contributed by atoms with E-state index in [9.17, 15) is 14.7 Å². The molecule has 1 amide bonds. The highest BCUT2D eigenvalue weighted by Crippen LogP contribution is 2.26. The maximum Gasteiger partial charge on any atom is 0.326 e. The van der Waals surface area contributed by atoms with Crippen LogP contribution < -0.4 is 10.2 Å². The summed E-state index contributed by atoms with van der Waals surface area (Å²) in [5, 5.41) is 13.4. The zero-order valence-corrected chi connectivity index (χ0v) is 19.6. The van der Waals surface area contributed by atoms with E-state index in [1.165, 1.54) is 0 Å². The third kappa shape index (κ3) is 5.82. The molecule has 0 radical (unpaired) electrons. The largest absolute Gasteiger partial charge is 0.480 e. The molecule has 0 aliphatic heterocycles. The minimum absolute atomic E-state index is 0.230. The van der Waals surface area contributed by atoms with Gasteiger partial charge in [-0.2, -0.15) is 0 Å². The Balaban J connectivity index is 1.80. The number of benzene rings is 2. The monoisotopic (exact) mass is 463 g/mol. The standard InChI is InChI=1S/C26H26ClN3O3/c1-5-12-30(15-18-6-11-23-21(14-18)22(27)13-17(4)28-23)20-9-7-19(8-10-20)25(31)29-24(16(2)3)26(32)33/h1,6-11,13-14,16,24H,12,15H2,2-4H3,(H,29,31)(H,32,33)/t24-/m0/s1. The number of nitrogens with one attached hydrogen (secondary N) is 1. The Bertz CT molecular complexity index is 1220. The molecule has 0 fully saturated rings. The maximum absolute atomic E-state index is 12.5. The van der Waals surface area contributed by atoms with E-state index in [1.54, 1.807) is 38.1 Å². The van der Waals surface area contributed by atoms with Crippen molar-refractivity contribution in [3.63, 3.8) is 0 Å². The quantitative estimate of drug-likeness (QED) is 0.474. The van der Waals surface area contributed by atoms with E-state index in [0.717, 1.165) is 27.8 Å². The Morgan fingerprint density at radius 3 is 2.48 bits per heavy atom. The number of carboxylic acids is 1. The number of pyridine rings is 1. The molecule has 1 heterocycles. The number of carbonyl (C=O) groups is 2. The predicted molar refractivity (Wildman–Crippen MR) is 132 cm³/mol. The summed E-state index contributed by atoms with van der Waals surface area (Å²) >= 11 is 6.41. The molecular weight excluding hydrogens is 438 g/mol. The van der Waals surface area contributed by atoms with Gasteiger partial charge in [0.15, 0.2) is 0 Å². The molecule has 0 unspecified atom stereocenters. The van der Waals surface area contributed by atoms with Gasteiger partial charge in [0.25, 0.3) is 5.91 Å². The van der Waals surface area contributed by atoms with Crippen LogP contribution in [0.2, 0.25) is 5.02 Å². The van der Waals surface area contributed by atoms with Gasteiger partial charge in [0.1, 0.15) is 6.04 Å². The first-order valence-corrected chi connectivity index (χ1v) is 10.9. The molecule has 0 aliphatic rings. The van der Waals surface area contributed by atoms with Crippen molar-refractivity contribution in [2.75, 3.05) is 11.4 Å². The van der Waals surface area contributed by atoms with E-state index < -0.39 is 17.9 Å². The minimum Gasteiger partial charge on any atom is -0.480 e. The number of fused-ring (bicyclic) bond motifs is 1. The number of hydrogen-bond donors (Lipinski definition) is 2. The highest BCUT2D eigenvalue weighted by molar-refractivity contribution is 6.35. The van der Waals surface area contributed by atoms with Crippen LogP contribution in [-0.4, -0.2) is 34.6 Å². The fraction of sp³-hybridized carbons (Fsp3) is 0.269. The van der Waals surface area contributed by atoms with E-state index in [2.05, 4.69) is 16.2 Å². The van der Waals surface area contributed by atoms with Gasteiger partial charge in [-0.25, -0.2) is 4.79 Å². The molecule has 7 heteroatoms. The van der Waals surface area contributed by atoms with Crippen molar-refractivity contribution in [1.82, 2.24) is 10.3 Å². The van der Waals surface area contributed by atoms with Crippen molar-refractivity contribution in [2.24, 2.45) is 5.92 Å². The summed E-state index contributed by atoms with van der Waals surface area (Å²) in [6.07, 6.45) is 5.60. The number of hydrogen-bond acceptors (Lipinski definition) is 4. The van der Waals surface area contributed by atoms with Crippen molar-refractivity contribution < 1.29 is 14.7 Å². The molecule has 3 aromatic rings.